The summed E-state index contributed by atoms with van der Waals surface area (Å²) < 4.78 is 6.03. The van der Waals surface area contributed by atoms with Gasteiger partial charge in [0.05, 0.1) is 5.02 Å². The number of hydrogen-bond acceptors (Lipinski definition) is 8. The molecule has 0 aliphatic carbocycles. The van der Waals surface area contributed by atoms with Gasteiger partial charge in [0.25, 0.3) is 5.91 Å². The summed E-state index contributed by atoms with van der Waals surface area (Å²) in [7, 11) is 0. The molecule has 0 radical (unpaired) electrons. The smallest absolute Gasteiger partial charge is 0.263 e. The molecule has 4 aromatic rings. The zero-order chi connectivity index (χ0) is 19.5. The first kappa shape index (κ1) is 19.1. The third kappa shape index (κ3) is 4.12. The Labute approximate surface area is 177 Å². The minimum Gasteiger partial charge on any atom is -0.360 e. The van der Waals surface area contributed by atoms with Gasteiger partial charge in [-0.3, -0.25) is 10.1 Å². The SMILES string of the molecule is Cc1onc(-c2ccccc2Cl)c1C(=O)Nc1nnc(SCc2cccs2)s1. The lowest BCUT2D eigenvalue weighted by molar-refractivity contribution is 0.102. The fourth-order valence-corrected chi connectivity index (χ4v) is 5.23. The predicted octanol–water partition coefficient (Wildman–Crippen LogP) is 5.76. The molecule has 6 nitrogen and oxygen atoms in total. The van der Waals surface area contributed by atoms with Crippen LogP contribution in [0.25, 0.3) is 11.3 Å². The normalized spacial score (nSPS) is 10.9. The molecule has 0 saturated carbocycles. The summed E-state index contributed by atoms with van der Waals surface area (Å²) in [6.07, 6.45) is 0. The average Bonchev–Trinajstić information content (AvgIpc) is 3.42. The molecule has 3 heterocycles. The van der Waals surface area contributed by atoms with Gasteiger partial charge in [-0.1, -0.05) is 64.1 Å². The fourth-order valence-electron chi connectivity index (χ4n) is 2.48. The second-order valence-electron chi connectivity index (χ2n) is 5.64. The second kappa shape index (κ2) is 8.44. The summed E-state index contributed by atoms with van der Waals surface area (Å²) in [5.74, 6) is 0.866. The van der Waals surface area contributed by atoms with Crippen molar-refractivity contribution in [2.45, 2.75) is 17.0 Å². The number of benzene rings is 1. The van der Waals surface area contributed by atoms with E-state index in [0.717, 1.165) is 10.1 Å². The van der Waals surface area contributed by atoms with Gasteiger partial charge in [0.1, 0.15) is 17.0 Å². The maximum Gasteiger partial charge on any atom is 0.263 e. The molecule has 0 aliphatic rings. The molecule has 4 rings (SSSR count). The Balaban J connectivity index is 1.50. The first-order valence-corrected chi connectivity index (χ1v) is 11.2. The van der Waals surface area contributed by atoms with Gasteiger partial charge in [0.15, 0.2) is 4.34 Å². The average molecular weight is 449 g/mol. The highest BCUT2D eigenvalue weighted by Gasteiger charge is 2.24. The van der Waals surface area contributed by atoms with Crippen molar-refractivity contribution in [3.63, 3.8) is 0 Å². The first-order chi connectivity index (χ1) is 13.6. The number of carbonyl (C=O) groups excluding carboxylic acids is 1. The quantitative estimate of drug-likeness (QED) is 0.298. The molecular weight excluding hydrogens is 436 g/mol. The molecule has 1 amide bonds. The third-order valence-corrected chi connectivity index (χ3v) is 7.17. The van der Waals surface area contributed by atoms with Crippen LogP contribution in [0.2, 0.25) is 5.02 Å². The molecule has 0 aliphatic heterocycles. The summed E-state index contributed by atoms with van der Waals surface area (Å²) >= 11 is 10.9. The second-order valence-corrected chi connectivity index (χ2v) is 9.28. The Morgan fingerprint density at radius 2 is 2.11 bits per heavy atom. The molecule has 10 heteroatoms. The van der Waals surface area contributed by atoms with Crippen molar-refractivity contribution in [2.75, 3.05) is 5.32 Å². The fraction of sp³-hybridized carbons (Fsp3) is 0.111. The number of halogens is 1. The molecule has 1 aromatic carbocycles. The van der Waals surface area contributed by atoms with Crippen LogP contribution in [0.5, 0.6) is 0 Å². The predicted molar refractivity (Wildman–Crippen MR) is 113 cm³/mol. The molecule has 0 atom stereocenters. The van der Waals surface area contributed by atoms with Gasteiger partial charge in [-0.05, 0) is 24.4 Å². The Hall–Kier alpha value is -2.20. The number of thiophene rings is 1. The van der Waals surface area contributed by atoms with Crippen LogP contribution in [-0.2, 0) is 5.75 Å². The molecule has 142 valence electrons. The highest BCUT2D eigenvalue weighted by atomic mass is 35.5. The van der Waals surface area contributed by atoms with E-state index in [0.29, 0.717) is 32.7 Å². The van der Waals surface area contributed by atoms with Crippen molar-refractivity contribution < 1.29 is 9.32 Å². The van der Waals surface area contributed by atoms with Gasteiger partial charge in [-0.2, -0.15) is 0 Å². The van der Waals surface area contributed by atoms with Crippen LogP contribution in [0.15, 0.2) is 50.6 Å². The Kier molecular flexibility index (Phi) is 5.77. The number of nitrogens with zero attached hydrogens (tertiary/aromatic N) is 3. The van der Waals surface area contributed by atoms with Crippen molar-refractivity contribution in [1.82, 2.24) is 15.4 Å². The standard InChI is InChI=1S/C18H13ClN4O2S3/c1-10-14(15(23-25-10)12-6-2-3-7-13(12)19)16(24)20-17-21-22-18(28-17)27-9-11-5-4-8-26-11/h2-8H,9H2,1H3,(H,20,21,24). The number of carbonyl (C=O) groups is 1. The topological polar surface area (TPSA) is 80.9 Å². The minimum absolute atomic E-state index is 0.330. The van der Waals surface area contributed by atoms with E-state index in [-0.39, 0.29) is 5.91 Å². The molecule has 3 aromatic heterocycles. The van der Waals surface area contributed by atoms with Crippen LogP contribution >= 0.6 is 46.0 Å². The highest BCUT2D eigenvalue weighted by Crippen LogP contribution is 2.33. The number of aryl methyl sites for hydroxylation is 1. The monoisotopic (exact) mass is 448 g/mol. The van der Waals surface area contributed by atoms with E-state index in [4.69, 9.17) is 16.1 Å². The van der Waals surface area contributed by atoms with Gasteiger partial charge in [0, 0.05) is 16.2 Å². The summed E-state index contributed by atoms with van der Waals surface area (Å²) in [4.78, 5) is 14.1. The molecule has 0 saturated heterocycles. The van der Waals surface area contributed by atoms with E-state index in [1.54, 1.807) is 42.2 Å². The van der Waals surface area contributed by atoms with Crippen molar-refractivity contribution in [3.05, 3.63) is 63.0 Å². The molecule has 0 unspecified atom stereocenters. The third-order valence-electron chi connectivity index (χ3n) is 3.76. The maximum absolute atomic E-state index is 12.8. The van der Waals surface area contributed by atoms with Crippen LogP contribution in [0, 0.1) is 6.92 Å². The molecule has 1 N–H and O–H groups in total. The van der Waals surface area contributed by atoms with Crippen LogP contribution in [0.3, 0.4) is 0 Å². The van der Waals surface area contributed by atoms with Crippen molar-refractivity contribution in [1.29, 1.82) is 0 Å². The van der Waals surface area contributed by atoms with E-state index in [2.05, 4.69) is 26.7 Å². The van der Waals surface area contributed by atoms with Crippen LogP contribution in [0.1, 0.15) is 21.0 Å². The number of rotatable bonds is 6. The van der Waals surface area contributed by atoms with E-state index < -0.39 is 0 Å². The zero-order valence-corrected chi connectivity index (χ0v) is 17.7. The lowest BCUT2D eigenvalue weighted by Crippen LogP contribution is -2.13. The zero-order valence-electron chi connectivity index (χ0n) is 14.5. The number of hydrogen-bond donors (Lipinski definition) is 1. The van der Waals surface area contributed by atoms with Gasteiger partial charge < -0.3 is 4.52 Å². The van der Waals surface area contributed by atoms with Crippen molar-refractivity contribution >= 4 is 57.1 Å². The van der Waals surface area contributed by atoms with Gasteiger partial charge in [-0.25, -0.2) is 0 Å². The number of amides is 1. The van der Waals surface area contributed by atoms with Gasteiger partial charge in [-0.15, -0.1) is 21.5 Å². The van der Waals surface area contributed by atoms with Crippen LogP contribution in [-0.4, -0.2) is 21.3 Å². The maximum atomic E-state index is 12.8. The lowest BCUT2D eigenvalue weighted by atomic mass is 10.1. The Bertz CT molecular complexity index is 1110. The van der Waals surface area contributed by atoms with E-state index in [1.807, 2.05) is 23.6 Å². The summed E-state index contributed by atoms with van der Waals surface area (Å²) in [6.45, 7) is 1.69. The van der Waals surface area contributed by atoms with Crippen molar-refractivity contribution in [2.24, 2.45) is 0 Å². The van der Waals surface area contributed by atoms with Gasteiger partial charge in [0.2, 0.25) is 5.13 Å². The number of thioether (sulfide) groups is 1. The van der Waals surface area contributed by atoms with E-state index in [9.17, 15) is 4.79 Å². The van der Waals surface area contributed by atoms with Gasteiger partial charge >= 0.3 is 0 Å². The lowest BCUT2D eigenvalue weighted by Gasteiger charge is -2.04. The Morgan fingerprint density at radius 3 is 2.89 bits per heavy atom. The highest BCUT2D eigenvalue weighted by molar-refractivity contribution is 8.00. The Morgan fingerprint density at radius 1 is 1.25 bits per heavy atom. The summed E-state index contributed by atoms with van der Waals surface area (Å²) in [5, 5.41) is 17.9. The number of aromatic nitrogens is 3. The number of nitrogens with one attached hydrogen (secondary N) is 1. The van der Waals surface area contributed by atoms with Crippen LogP contribution in [0.4, 0.5) is 5.13 Å². The first-order valence-electron chi connectivity index (χ1n) is 8.13. The molecule has 0 bridgehead atoms. The molecule has 28 heavy (non-hydrogen) atoms. The van der Waals surface area contributed by atoms with Crippen molar-refractivity contribution in [3.8, 4) is 11.3 Å². The molecular formula is C18H13ClN4O2S3. The van der Waals surface area contributed by atoms with E-state index in [1.165, 1.54) is 16.2 Å². The van der Waals surface area contributed by atoms with Crippen LogP contribution < -0.4 is 5.32 Å². The molecule has 0 fully saturated rings. The minimum atomic E-state index is -0.361. The molecule has 0 spiro atoms. The number of anilines is 1. The summed E-state index contributed by atoms with van der Waals surface area (Å²) in [6, 6.07) is 11.3. The largest absolute Gasteiger partial charge is 0.360 e. The summed E-state index contributed by atoms with van der Waals surface area (Å²) in [5.41, 5.74) is 1.36. The van der Waals surface area contributed by atoms with E-state index >= 15 is 0 Å².